The van der Waals surface area contributed by atoms with Crippen LogP contribution in [0.15, 0.2) is 16.0 Å². The molecule has 9 heavy (non-hydrogen) atoms. The summed E-state index contributed by atoms with van der Waals surface area (Å²) in [6.07, 6.45) is -0.773. The van der Waals surface area contributed by atoms with Crippen molar-refractivity contribution in [2.45, 2.75) is 6.42 Å². The van der Waals surface area contributed by atoms with Crippen LogP contribution in [0.5, 0.6) is 0 Å². The lowest BCUT2D eigenvalue weighted by molar-refractivity contribution is 0.281. The van der Waals surface area contributed by atoms with Crippen LogP contribution in [-0.4, -0.2) is 12.6 Å². The molecule has 0 saturated carbocycles. The van der Waals surface area contributed by atoms with Gasteiger partial charge in [0.15, 0.2) is 0 Å². The van der Waals surface area contributed by atoms with Gasteiger partial charge in [-0.05, 0) is 0 Å². The molecule has 0 aromatic heterocycles. The molecule has 0 aliphatic carbocycles. The van der Waals surface area contributed by atoms with Crippen molar-refractivity contribution in [1.29, 1.82) is 0 Å². The summed E-state index contributed by atoms with van der Waals surface area (Å²) >= 11 is 5.16. The van der Waals surface area contributed by atoms with Crippen molar-refractivity contribution in [3.05, 3.63) is 11.0 Å². The standard InChI is InChI=1S/C4H3ClF2N2/c5-2-1-8-4(7)9-3(2)6/h1,4,9H. The molecule has 0 saturated heterocycles. The minimum absolute atomic E-state index is 0.205. The first-order chi connectivity index (χ1) is 4.20. The van der Waals surface area contributed by atoms with Crippen LogP contribution in [0.3, 0.4) is 0 Å². The molecule has 0 bridgehead atoms. The number of aliphatic imine (C=N–C) groups is 1. The third-order valence-electron chi connectivity index (χ3n) is 0.774. The van der Waals surface area contributed by atoms with Gasteiger partial charge >= 0.3 is 0 Å². The second-order valence-corrected chi connectivity index (χ2v) is 1.83. The summed E-state index contributed by atoms with van der Waals surface area (Å²) in [6, 6.07) is 0. The van der Waals surface area contributed by atoms with Crippen LogP contribution in [0.4, 0.5) is 8.78 Å². The molecule has 1 aliphatic heterocycles. The van der Waals surface area contributed by atoms with Gasteiger partial charge in [-0.2, -0.15) is 8.78 Å². The molecule has 1 heterocycles. The summed E-state index contributed by atoms with van der Waals surface area (Å²) < 4.78 is 24.1. The second kappa shape index (κ2) is 2.31. The third kappa shape index (κ3) is 1.38. The highest BCUT2D eigenvalue weighted by atomic mass is 35.5. The number of halogens is 3. The number of nitrogens with one attached hydrogen (secondary N) is 1. The maximum Gasteiger partial charge on any atom is 0.266 e. The zero-order valence-electron chi connectivity index (χ0n) is 4.24. The number of rotatable bonds is 0. The molecular formula is C4H3ClF2N2. The van der Waals surface area contributed by atoms with Crippen molar-refractivity contribution in [2.24, 2.45) is 4.99 Å². The van der Waals surface area contributed by atoms with Crippen molar-refractivity contribution in [1.82, 2.24) is 5.32 Å². The van der Waals surface area contributed by atoms with E-state index in [1.54, 1.807) is 5.32 Å². The van der Waals surface area contributed by atoms with Crippen LogP contribution in [0.25, 0.3) is 0 Å². The lowest BCUT2D eigenvalue weighted by Crippen LogP contribution is -2.24. The quantitative estimate of drug-likeness (QED) is 0.520. The summed E-state index contributed by atoms with van der Waals surface area (Å²) in [4.78, 5) is 3.13. The maximum absolute atomic E-state index is 12.1. The minimum Gasteiger partial charge on any atom is -0.313 e. The molecule has 0 radical (unpaired) electrons. The van der Waals surface area contributed by atoms with Crippen LogP contribution < -0.4 is 5.32 Å². The molecule has 1 aliphatic rings. The van der Waals surface area contributed by atoms with Crippen molar-refractivity contribution in [2.75, 3.05) is 0 Å². The van der Waals surface area contributed by atoms with E-state index in [-0.39, 0.29) is 5.03 Å². The topological polar surface area (TPSA) is 24.4 Å². The van der Waals surface area contributed by atoms with Crippen LogP contribution in [0, 0.1) is 0 Å². The second-order valence-electron chi connectivity index (χ2n) is 1.42. The zero-order valence-corrected chi connectivity index (χ0v) is 4.99. The Hall–Kier alpha value is -0.640. The number of hydrogen-bond acceptors (Lipinski definition) is 2. The van der Waals surface area contributed by atoms with Gasteiger partial charge in [0.2, 0.25) is 5.95 Å². The van der Waals surface area contributed by atoms with Crippen molar-refractivity contribution >= 4 is 17.8 Å². The molecule has 1 N–H and O–H groups in total. The van der Waals surface area contributed by atoms with Gasteiger partial charge in [0.25, 0.3) is 6.42 Å². The first-order valence-electron chi connectivity index (χ1n) is 2.19. The van der Waals surface area contributed by atoms with Crippen LogP contribution in [0.2, 0.25) is 0 Å². The molecule has 0 aromatic rings. The van der Waals surface area contributed by atoms with Gasteiger partial charge in [0, 0.05) is 6.21 Å². The average molecular weight is 153 g/mol. The normalized spacial score (nSPS) is 26.3. The van der Waals surface area contributed by atoms with Crippen molar-refractivity contribution in [3.8, 4) is 0 Å². The van der Waals surface area contributed by atoms with E-state index in [0.717, 1.165) is 6.21 Å². The summed E-state index contributed by atoms with van der Waals surface area (Å²) in [5.74, 6) is -0.876. The maximum atomic E-state index is 12.1. The van der Waals surface area contributed by atoms with Gasteiger partial charge in [-0.1, -0.05) is 11.6 Å². The molecule has 0 amide bonds. The number of hydrogen-bond donors (Lipinski definition) is 1. The predicted octanol–water partition coefficient (Wildman–Crippen LogP) is 1.29. The highest BCUT2D eigenvalue weighted by molar-refractivity contribution is 6.39. The molecule has 1 rings (SSSR count). The van der Waals surface area contributed by atoms with E-state index in [2.05, 4.69) is 4.99 Å². The molecule has 5 heteroatoms. The smallest absolute Gasteiger partial charge is 0.266 e. The third-order valence-corrected chi connectivity index (χ3v) is 1.04. The van der Waals surface area contributed by atoms with E-state index in [1.807, 2.05) is 0 Å². The van der Waals surface area contributed by atoms with Crippen LogP contribution in [0.1, 0.15) is 0 Å². The minimum atomic E-state index is -1.70. The van der Waals surface area contributed by atoms with Gasteiger partial charge < -0.3 is 5.32 Å². The van der Waals surface area contributed by atoms with E-state index in [1.165, 1.54) is 0 Å². The Kier molecular flexibility index (Phi) is 1.66. The van der Waals surface area contributed by atoms with E-state index in [4.69, 9.17) is 11.6 Å². The fraction of sp³-hybridized carbons (Fsp3) is 0.250. The largest absolute Gasteiger partial charge is 0.313 e. The SMILES string of the molecule is FC1=C(Cl)C=NC(F)N1. The Morgan fingerprint density at radius 3 is 2.89 bits per heavy atom. The van der Waals surface area contributed by atoms with E-state index < -0.39 is 12.4 Å². The Morgan fingerprint density at radius 1 is 1.78 bits per heavy atom. The van der Waals surface area contributed by atoms with E-state index in [0.29, 0.717) is 0 Å². The van der Waals surface area contributed by atoms with Crippen molar-refractivity contribution in [3.63, 3.8) is 0 Å². The number of alkyl halides is 1. The summed E-state index contributed by atoms with van der Waals surface area (Å²) in [7, 11) is 0. The molecular weight excluding hydrogens is 150 g/mol. The predicted molar refractivity (Wildman–Crippen MR) is 30.5 cm³/mol. The Balaban J connectivity index is 2.75. The van der Waals surface area contributed by atoms with Gasteiger partial charge in [0.05, 0.1) is 0 Å². The molecule has 0 aromatic carbocycles. The van der Waals surface area contributed by atoms with Crippen LogP contribution in [-0.2, 0) is 0 Å². The Morgan fingerprint density at radius 2 is 2.44 bits per heavy atom. The van der Waals surface area contributed by atoms with E-state index >= 15 is 0 Å². The Labute approximate surface area is 55.2 Å². The summed E-state index contributed by atoms with van der Waals surface area (Å²) in [5.41, 5.74) is 0. The van der Waals surface area contributed by atoms with Crippen molar-refractivity contribution < 1.29 is 8.78 Å². The Bertz CT molecular complexity index is 177. The van der Waals surface area contributed by atoms with Gasteiger partial charge in [-0.3, -0.25) is 0 Å². The molecule has 1 unspecified atom stereocenters. The summed E-state index contributed by atoms with van der Waals surface area (Å²) in [6.45, 7) is 0. The zero-order chi connectivity index (χ0) is 6.85. The highest BCUT2D eigenvalue weighted by Crippen LogP contribution is 2.11. The molecule has 2 nitrogen and oxygen atoms in total. The first-order valence-corrected chi connectivity index (χ1v) is 2.57. The average Bonchev–Trinajstić information content (AvgIpc) is 1.80. The lowest BCUT2D eigenvalue weighted by Gasteiger charge is -2.09. The molecule has 50 valence electrons. The molecule has 1 atom stereocenters. The van der Waals surface area contributed by atoms with Crippen LogP contribution >= 0.6 is 11.6 Å². The van der Waals surface area contributed by atoms with Gasteiger partial charge in [-0.25, -0.2) is 4.99 Å². The first kappa shape index (κ1) is 6.48. The molecule has 0 fully saturated rings. The monoisotopic (exact) mass is 152 g/mol. The molecule has 0 spiro atoms. The lowest BCUT2D eigenvalue weighted by atomic mass is 10.6. The number of nitrogens with zero attached hydrogens (tertiary/aromatic N) is 1. The van der Waals surface area contributed by atoms with Gasteiger partial charge in [-0.15, -0.1) is 0 Å². The fourth-order valence-corrected chi connectivity index (χ4v) is 0.509. The number of allylic oxidation sites excluding steroid dienone is 1. The van der Waals surface area contributed by atoms with Gasteiger partial charge in [0.1, 0.15) is 5.03 Å². The van der Waals surface area contributed by atoms with E-state index in [9.17, 15) is 8.78 Å². The fourth-order valence-electron chi connectivity index (χ4n) is 0.398. The summed E-state index contributed by atoms with van der Waals surface area (Å²) in [5, 5.41) is 1.54. The highest BCUT2D eigenvalue weighted by Gasteiger charge is 2.12.